The molecule has 0 radical (unpaired) electrons. The number of rotatable bonds is 6. The first-order valence-corrected chi connectivity index (χ1v) is 7.32. The average Bonchev–Trinajstić information content (AvgIpc) is 2.50. The van der Waals surface area contributed by atoms with Crippen molar-refractivity contribution in [3.63, 3.8) is 0 Å². The van der Waals surface area contributed by atoms with Gasteiger partial charge in [-0.3, -0.25) is 14.5 Å². The van der Waals surface area contributed by atoms with Crippen LogP contribution in [0.3, 0.4) is 0 Å². The zero-order valence-electron chi connectivity index (χ0n) is 13.1. The largest absolute Gasteiger partial charge is 0.379 e. The van der Waals surface area contributed by atoms with Gasteiger partial charge >= 0.3 is 0 Å². The maximum absolute atomic E-state index is 12.0. The van der Waals surface area contributed by atoms with E-state index in [-0.39, 0.29) is 30.8 Å². The van der Waals surface area contributed by atoms with Gasteiger partial charge in [0.25, 0.3) is 0 Å². The standard InChI is InChI=1S/C15H22N4O3.ClH/c1-16-10-14(20)17-12-2-4-13(5-3-12)18-15(21)11-19-6-8-22-9-7-19;/h2-5,16H,6-11H2,1H3,(H,17,20)(H,18,21);1H. The van der Waals surface area contributed by atoms with E-state index < -0.39 is 0 Å². The second kappa shape index (κ2) is 10.2. The van der Waals surface area contributed by atoms with Crippen LogP contribution in [0.25, 0.3) is 0 Å². The maximum atomic E-state index is 12.0. The molecule has 7 nitrogen and oxygen atoms in total. The van der Waals surface area contributed by atoms with E-state index in [1.807, 2.05) is 0 Å². The van der Waals surface area contributed by atoms with Gasteiger partial charge in [0.1, 0.15) is 0 Å². The van der Waals surface area contributed by atoms with E-state index in [0.717, 1.165) is 13.1 Å². The number of anilines is 2. The van der Waals surface area contributed by atoms with Crippen molar-refractivity contribution in [2.45, 2.75) is 0 Å². The molecule has 0 atom stereocenters. The molecule has 0 unspecified atom stereocenters. The van der Waals surface area contributed by atoms with Crippen molar-refractivity contribution in [3.05, 3.63) is 24.3 Å². The first kappa shape index (κ1) is 19.4. The summed E-state index contributed by atoms with van der Waals surface area (Å²) in [6, 6.07) is 7.06. The Morgan fingerprint density at radius 1 is 1.04 bits per heavy atom. The van der Waals surface area contributed by atoms with E-state index in [1.54, 1.807) is 31.3 Å². The Labute approximate surface area is 142 Å². The minimum Gasteiger partial charge on any atom is -0.379 e. The Kier molecular flexibility index (Phi) is 8.57. The van der Waals surface area contributed by atoms with Crippen LogP contribution in [0.2, 0.25) is 0 Å². The van der Waals surface area contributed by atoms with Gasteiger partial charge in [-0.05, 0) is 31.3 Å². The second-order valence-corrected chi connectivity index (χ2v) is 5.09. The summed E-state index contributed by atoms with van der Waals surface area (Å²) in [4.78, 5) is 25.5. The fourth-order valence-electron chi connectivity index (χ4n) is 2.17. The van der Waals surface area contributed by atoms with Crippen molar-refractivity contribution < 1.29 is 14.3 Å². The first-order valence-electron chi connectivity index (χ1n) is 7.32. The van der Waals surface area contributed by atoms with E-state index in [1.165, 1.54) is 0 Å². The number of morpholine rings is 1. The average molecular weight is 343 g/mol. The third-order valence-electron chi connectivity index (χ3n) is 3.26. The van der Waals surface area contributed by atoms with Crippen molar-refractivity contribution in [2.75, 3.05) is 57.1 Å². The zero-order valence-corrected chi connectivity index (χ0v) is 13.9. The van der Waals surface area contributed by atoms with E-state index in [9.17, 15) is 9.59 Å². The minimum atomic E-state index is -0.105. The van der Waals surface area contributed by atoms with Crippen molar-refractivity contribution >= 4 is 35.6 Å². The summed E-state index contributed by atoms with van der Waals surface area (Å²) in [6.07, 6.45) is 0. The molecule has 1 aromatic rings. The highest BCUT2D eigenvalue weighted by Gasteiger charge is 2.14. The van der Waals surface area contributed by atoms with Crippen LogP contribution in [-0.2, 0) is 14.3 Å². The molecule has 1 aromatic carbocycles. The highest BCUT2D eigenvalue weighted by atomic mass is 35.5. The summed E-state index contributed by atoms with van der Waals surface area (Å²) in [5.41, 5.74) is 1.41. The predicted octanol–water partition coefficient (Wildman–Crippen LogP) is 0.537. The number of hydrogen-bond acceptors (Lipinski definition) is 5. The lowest BCUT2D eigenvalue weighted by molar-refractivity contribution is -0.118. The Morgan fingerprint density at radius 2 is 1.57 bits per heavy atom. The summed E-state index contributed by atoms with van der Waals surface area (Å²) in [7, 11) is 1.71. The molecule has 2 amide bonds. The predicted molar refractivity (Wildman–Crippen MR) is 92.1 cm³/mol. The molecule has 0 spiro atoms. The van der Waals surface area contributed by atoms with Crippen molar-refractivity contribution in [1.82, 2.24) is 10.2 Å². The van der Waals surface area contributed by atoms with Gasteiger partial charge in [-0.25, -0.2) is 0 Å². The molecule has 0 aliphatic carbocycles. The number of nitrogens with one attached hydrogen (secondary N) is 3. The number of halogens is 1. The molecule has 8 heteroatoms. The SMILES string of the molecule is CNCC(=O)Nc1ccc(NC(=O)CN2CCOCC2)cc1.Cl. The number of hydrogen-bond donors (Lipinski definition) is 3. The second-order valence-electron chi connectivity index (χ2n) is 5.09. The molecule has 23 heavy (non-hydrogen) atoms. The number of likely N-dealkylation sites (N-methyl/N-ethyl adjacent to an activating group) is 1. The van der Waals surface area contributed by atoms with Crippen molar-refractivity contribution in [3.8, 4) is 0 Å². The zero-order chi connectivity index (χ0) is 15.8. The Balaban J connectivity index is 0.00000264. The molecular weight excluding hydrogens is 320 g/mol. The molecule has 1 fully saturated rings. The van der Waals surface area contributed by atoms with Gasteiger partial charge in [0.05, 0.1) is 26.3 Å². The molecule has 0 aromatic heterocycles. The van der Waals surface area contributed by atoms with E-state index in [0.29, 0.717) is 31.1 Å². The monoisotopic (exact) mass is 342 g/mol. The van der Waals surface area contributed by atoms with Crippen LogP contribution in [-0.4, -0.2) is 63.2 Å². The Morgan fingerprint density at radius 3 is 2.09 bits per heavy atom. The molecule has 1 saturated heterocycles. The van der Waals surface area contributed by atoms with Gasteiger partial charge in [0.2, 0.25) is 11.8 Å². The van der Waals surface area contributed by atoms with Crippen LogP contribution in [0.4, 0.5) is 11.4 Å². The van der Waals surface area contributed by atoms with Crippen LogP contribution in [0.1, 0.15) is 0 Å². The molecule has 1 heterocycles. The molecule has 128 valence electrons. The topological polar surface area (TPSA) is 82.7 Å². The van der Waals surface area contributed by atoms with Crippen molar-refractivity contribution in [1.29, 1.82) is 0 Å². The Hall–Kier alpha value is -1.67. The normalized spacial score (nSPS) is 14.7. The smallest absolute Gasteiger partial charge is 0.238 e. The molecule has 1 aliphatic heterocycles. The molecule has 0 bridgehead atoms. The van der Waals surface area contributed by atoms with Gasteiger partial charge < -0.3 is 20.7 Å². The van der Waals surface area contributed by atoms with Gasteiger partial charge in [0.15, 0.2) is 0 Å². The van der Waals surface area contributed by atoms with Gasteiger partial charge in [0, 0.05) is 24.5 Å². The van der Waals surface area contributed by atoms with Crippen LogP contribution >= 0.6 is 12.4 Å². The first-order chi connectivity index (χ1) is 10.7. The van der Waals surface area contributed by atoms with Crippen LogP contribution < -0.4 is 16.0 Å². The maximum Gasteiger partial charge on any atom is 0.238 e. The fourth-order valence-corrected chi connectivity index (χ4v) is 2.17. The third-order valence-corrected chi connectivity index (χ3v) is 3.26. The van der Waals surface area contributed by atoms with Crippen molar-refractivity contribution in [2.24, 2.45) is 0 Å². The number of carbonyl (C=O) groups excluding carboxylic acids is 2. The number of amides is 2. The molecule has 1 aliphatic rings. The van der Waals surface area contributed by atoms with Crippen LogP contribution in [0.5, 0.6) is 0 Å². The number of carbonyl (C=O) groups is 2. The summed E-state index contributed by atoms with van der Waals surface area (Å²) in [5.74, 6) is -0.152. The van der Waals surface area contributed by atoms with E-state index in [2.05, 4.69) is 20.9 Å². The van der Waals surface area contributed by atoms with Gasteiger partial charge in [-0.15, -0.1) is 12.4 Å². The third kappa shape index (κ3) is 6.96. The number of benzene rings is 1. The number of nitrogens with zero attached hydrogens (tertiary/aromatic N) is 1. The fraction of sp³-hybridized carbons (Fsp3) is 0.467. The summed E-state index contributed by atoms with van der Waals surface area (Å²) in [6.45, 7) is 3.54. The quantitative estimate of drug-likeness (QED) is 0.703. The molecule has 3 N–H and O–H groups in total. The van der Waals surface area contributed by atoms with Gasteiger partial charge in [-0.1, -0.05) is 0 Å². The molecule has 0 saturated carbocycles. The summed E-state index contributed by atoms with van der Waals surface area (Å²) in [5, 5.41) is 8.38. The lowest BCUT2D eigenvalue weighted by Crippen LogP contribution is -2.41. The molecular formula is C15H23ClN4O3. The van der Waals surface area contributed by atoms with E-state index in [4.69, 9.17) is 4.74 Å². The lowest BCUT2D eigenvalue weighted by Gasteiger charge is -2.25. The molecule has 2 rings (SSSR count). The van der Waals surface area contributed by atoms with Crippen LogP contribution in [0, 0.1) is 0 Å². The van der Waals surface area contributed by atoms with Gasteiger partial charge in [-0.2, -0.15) is 0 Å². The number of ether oxygens (including phenoxy) is 1. The highest BCUT2D eigenvalue weighted by Crippen LogP contribution is 2.13. The summed E-state index contributed by atoms with van der Waals surface area (Å²) >= 11 is 0. The summed E-state index contributed by atoms with van der Waals surface area (Å²) < 4.78 is 5.25. The van der Waals surface area contributed by atoms with Crippen LogP contribution in [0.15, 0.2) is 24.3 Å². The Bertz CT molecular complexity index is 504. The lowest BCUT2D eigenvalue weighted by atomic mass is 10.2. The highest BCUT2D eigenvalue weighted by molar-refractivity contribution is 5.94. The van der Waals surface area contributed by atoms with E-state index >= 15 is 0 Å². The minimum absolute atomic E-state index is 0.